The molecule has 1 amide bonds. The molecule has 1 aliphatic heterocycles. The highest BCUT2D eigenvalue weighted by Crippen LogP contribution is 2.14. The average molecular weight is 214 g/mol. The van der Waals surface area contributed by atoms with E-state index in [1.807, 2.05) is 0 Å². The topological polar surface area (TPSA) is 52.6 Å². The molecule has 0 bridgehead atoms. The van der Waals surface area contributed by atoms with Gasteiger partial charge >= 0.3 is 0 Å². The van der Waals surface area contributed by atoms with Crippen molar-refractivity contribution in [3.05, 3.63) is 0 Å². The summed E-state index contributed by atoms with van der Waals surface area (Å²) in [7, 11) is 1.76. The standard InChI is InChI=1S/C11H22N2O2/c1-11(2,15)8-13(3)10(14)9-5-4-6-12-7-9/h9,12,15H,4-8H2,1-3H3/t9-/m1/s1. The molecule has 0 aromatic heterocycles. The molecule has 1 rings (SSSR count). The molecule has 4 nitrogen and oxygen atoms in total. The van der Waals surface area contributed by atoms with Gasteiger partial charge in [0.15, 0.2) is 0 Å². The molecule has 2 N–H and O–H groups in total. The second-order valence-corrected chi connectivity index (χ2v) is 5.05. The van der Waals surface area contributed by atoms with Gasteiger partial charge in [-0.15, -0.1) is 0 Å². The summed E-state index contributed by atoms with van der Waals surface area (Å²) in [6, 6.07) is 0. The van der Waals surface area contributed by atoms with Crippen molar-refractivity contribution < 1.29 is 9.90 Å². The molecule has 0 aromatic rings. The van der Waals surface area contributed by atoms with Crippen molar-refractivity contribution in [1.29, 1.82) is 0 Å². The Morgan fingerprint density at radius 1 is 1.60 bits per heavy atom. The van der Waals surface area contributed by atoms with Crippen LogP contribution in [0.1, 0.15) is 26.7 Å². The molecule has 0 spiro atoms. The van der Waals surface area contributed by atoms with Gasteiger partial charge in [0.2, 0.25) is 5.91 Å². The lowest BCUT2D eigenvalue weighted by Gasteiger charge is -2.30. The molecule has 88 valence electrons. The first-order chi connectivity index (χ1) is 6.90. The number of hydrogen-bond acceptors (Lipinski definition) is 3. The van der Waals surface area contributed by atoms with Gasteiger partial charge in [-0.25, -0.2) is 0 Å². The number of carbonyl (C=O) groups excluding carboxylic acids is 1. The first-order valence-corrected chi connectivity index (χ1v) is 5.58. The Bertz CT molecular complexity index is 217. The normalized spacial score (nSPS) is 22.5. The predicted molar refractivity (Wildman–Crippen MR) is 59.5 cm³/mol. The lowest BCUT2D eigenvalue weighted by Crippen LogP contribution is -2.46. The third-order valence-electron chi connectivity index (χ3n) is 2.65. The summed E-state index contributed by atoms with van der Waals surface area (Å²) in [6.07, 6.45) is 2.02. The molecule has 4 heteroatoms. The number of carbonyl (C=O) groups is 1. The van der Waals surface area contributed by atoms with Crippen LogP contribution in [0.5, 0.6) is 0 Å². The summed E-state index contributed by atoms with van der Waals surface area (Å²) in [4.78, 5) is 13.6. The summed E-state index contributed by atoms with van der Waals surface area (Å²) in [5.74, 6) is 0.232. The van der Waals surface area contributed by atoms with E-state index >= 15 is 0 Å². The molecule has 0 unspecified atom stereocenters. The fraction of sp³-hybridized carbons (Fsp3) is 0.909. The second-order valence-electron chi connectivity index (χ2n) is 5.05. The molecule has 0 aliphatic carbocycles. The van der Waals surface area contributed by atoms with Crippen molar-refractivity contribution in [3.8, 4) is 0 Å². The maximum atomic E-state index is 12.0. The van der Waals surface area contributed by atoms with Crippen LogP contribution in [0.4, 0.5) is 0 Å². The molecule has 1 fully saturated rings. The van der Waals surface area contributed by atoms with Gasteiger partial charge in [0.1, 0.15) is 0 Å². The number of likely N-dealkylation sites (N-methyl/N-ethyl adjacent to an activating group) is 1. The van der Waals surface area contributed by atoms with Crippen LogP contribution < -0.4 is 5.32 Å². The van der Waals surface area contributed by atoms with Gasteiger partial charge in [-0.2, -0.15) is 0 Å². The number of aliphatic hydroxyl groups is 1. The third-order valence-corrected chi connectivity index (χ3v) is 2.65. The highest BCUT2D eigenvalue weighted by molar-refractivity contribution is 5.79. The van der Waals surface area contributed by atoms with Crippen molar-refractivity contribution in [1.82, 2.24) is 10.2 Å². The van der Waals surface area contributed by atoms with Crippen LogP contribution in [0.25, 0.3) is 0 Å². The molecule has 1 aliphatic rings. The molecule has 1 heterocycles. The van der Waals surface area contributed by atoms with Crippen molar-refractivity contribution in [2.45, 2.75) is 32.3 Å². The Labute approximate surface area is 91.6 Å². The van der Waals surface area contributed by atoms with Crippen molar-refractivity contribution in [2.75, 3.05) is 26.7 Å². The highest BCUT2D eigenvalue weighted by atomic mass is 16.3. The Balaban J connectivity index is 2.44. The van der Waals surface area contributed by atoms with Crippen LogP contribution >= 0.6 is 0 Å². The largest absolute Gasteiger partial charge is 0.389 e. The number of piperidine rings is 1. The first kappa shape index (κ1) is 12.5. The van der Waals surface area contributed by atoms with Gasteiger partial charge in [-0.1, -0.05) is 0 Å². The number of hydrogen-bond donors (Lipinski definition) is 2. The number of nitrogens with one attached hydrogen (secondary N) is 1. The van der Waals surface area contributed by atoms with Gasteiger partial charge in [0.05, 0.1) is 11.5 Å². The third kappa shape index (κ3) is 4.18. The smallest absolute Gasteiger partial charge is 0.226 e. The number of amides is 1. The zero-order valence-electron chi connectivity index (χ0n) is 9.92. The van der Waals surface area contributed by atoms with E-state index in [2.05, 4.69) is 5.32 Å². The molecule has 0 aromatic carbocycles. The van der Waals surface area contributed by atoms with E-state index in [-0.39, 0.29) is 11.8 Å². The quantitative estimate of drug-likeness (QED) is 0.706. The Kier molecular flexibility index (Phi) is 4.11. The average Bonchev–Trinajstić information content (AvgIpc) is 2.15. The minimum absolute atomic E-state index is 0.0890. The summed E-state index contributed by atoms with van der Waals surface area (Å²) < 4.78 is 0. The van der Waals surface area contributed by atoms with Crippen LogP contribution in [-0.2, 0) is 4.79 Å². The predicted octanol–water partition coefficient (Wildman–Crippen LogP) is 0.215. The van der Waals surface area contributed by atoms with Gasteiger partial charge in [0.25, 0.3) is 0 Å². The van der Waals surface area contributed by atoms with Gasteiger partial charge in [-0.05, 0) is 33.2 Å². The van der Waals surface area contributed by atoms with Gasteiger partial charge in [0, 0.05) is 20.1 Å². The van der Waals surface area contributed by atoms with E-state index in [0.29, 0.717) is 6.54 Å². The molecule has 0 radical (unpaired) electrons. The Hall–Kier alpha value is -0.610. The number of rotatable bonds is 3. The lowest BCUT2D eigenvalue weighted by atomic mass is 9.97. The van der Waals surface area contributed by atoms with Crippen LogP contribution in [0.15, 0.2) is 0 Å². The highest BCUT2D eigenvalue weighted by Gasteiger charge is 2.26. The summed E-state index contributed by atoms with van der Waals surface area (Å²) in [5.41, 5.74) is -0.813. The summed E-state index contributed by atoms with van der Waals surface area (Å²) in [6.45, 7) is 5.61. The van der Waals surface area contributed by atoms with Crippen LogP contribution in [0.3, 0.4) is 0 Å². The maximum Gasteiger partial charge on any atom is 0.226 e. The van der Waals surface area contributed by atoms with Crippen molar-refractivity contribution in [3.63, 3.8) is 0 Å². The van der Waals surface area contributed by atoms with E-state index in [1.165, 1.54) is 0 Å². The van der Waals surface area contributed by atoms with E-state index in [4.69, 9.17) is 0 Å². The molecule has 15 heavy (non-hydrogen) atoms. The maximum absolute atomic E-state index is 12.0. The van der Waals surface area contributed by atoms with E-state index < -0.39 is 5.60 Å². The van der Waals surface area contributed by atoms with E-state index in [9.17, 15) is 9.90 Å². The second kappa shape index (κ2) is 4.94. The van der Waals surface area contributed by atoms with Gasteiger partial charge < -0.3 is 15.3 Å². The summed E-state index contributed by atoms with van der Waals surface area (Å²) >= 11 is 0. The minimum Gasteiger partial charge on any atom is -0.389 e. The lowest BCUT2D eigenvalue weighted by molar-refractivity contribution is -0.137. The fourth-order valence-electron chi connectivity index (χ4n) is 2.03. The molecular formula is C11H22N2O2. The SMILES string of the molecule is CN(CC(C)(C)O)C(=O)[C@@H]1CCCNC1. The Morgan fingerprint density at radius 3 is 2.73 bits per heavy atom. The molecular weight excluding hydrogens is 192 g/mol. The Morgan fingerprint density at radius 2 is 2.27 bits per heavy atom. The molecule has 0 saturated carbocycles. The number of nitrogens with zero attached hydrogens (tertiary/aromatic N) is 1. The first-order valence-electron chi connectivity index (χ1n) is 5.58. The zero-order chi connectivity index (χ0) is 11.5. The summed E-state index contributed by atoms with van der Waals surface area (Å²) in [5, 5.41) is 12.8. The fourth-order valence-corrected chi connectivity index (χ4v) is 2.03. The van der Waals surface area contributed by atoms with Crippen LogP contribution in [-0.4, -0.2) is 48.2 Å². The monoisotopic (exact) mass is 214 g/mol. The van der Waals surface area contributed by atoms with Crippen molar-refractivity contribution in [2.24, 2.45) is 5.92 Å². The van der Waals surface area contributed by atoms with E-state index in [0.717, 1.165) is 25.9 Å². The van der Waals surface area contributed by atoms with Crippen LogP contribution in [0, 0.1) is 5.92 Å². The molecule has 1 saturated heterocycles. The minimum atomic E-state index is -0.813. The van der Waals surface area contributed by atoms with E-state index in [1.54, 1.807) is 25.8 Å². The zero-order valence-corrected chi connectivity index (χ0v) is 9.92. The van der Waals surface area contributed by atoms with Crippen molar-refractivity contribution >= 4 is 5.91 Å². The van der Waals surface area contributed by atoms with Crippen LogP contribution in [0.2, 0.25) is 0 Å². The van der Waals surface area contributed by atoms with Gasteiger partial charge in [-0.3, -0.25) is 4.79 Å². The molecule has 1 atom stereocenters.